The van der Waals surface area contributed by atoms with Crippen LogP contribution in [0.15, 0.2) is 96.7 Å². The van der Waals surface area contributed by atoms with E-state index in [0.717, 1.165) is 9.80 Å². The first-order valence-corrected chi connectivity index (χ1v) is 10.8. The molecule has 1 unspecified atom stereocenters. The second kappa shape index (κ2) is 8.12. The summed E-state index contributed by atoms with van der Waals surface area (Å²) in [5, 5.41) is 0. The third-order valence-electron chi connectivity index (χ3n) is 5.95. The number of carbonyl (C=O) groups is 4. The number of nitrogens with zero attached hydrogens (tertiary/aromatic N) is 2. The van der Waals surface area contributed by atoms with Gasteiger partial charge in [-0.15, -0.1) is 0 Å². The molecule has 0 aromatic heterocycles. The van der Waals surface area contributed by atoms with Crippen molar-refractivity contribution in [3.63, 3.8) is 0 Å². The van der Waals surface area contributed by atoms with Crippen LogP contribution in [0.3, 0.4) is 0 Å². The molecule has 2 heterocycles. The monoisotopic (exact) mass is 452 g/mol. The molecule has 0 radical (unpaired) electrons. The van der Waals surface area contributed by atoms with Gasteiger partial charge in [-0.3, -0.25) is 14.5 Å². The lowest BCUT2D eigenvalue weighted by atomic mass is 9.73. The maximum Gasteiger partial charge on any atom is 0.347 e. The van der Waals surface area contributed by atoms with Crippen LogP contribution in [0.4, 0.5) is 10.5 Å². The molecular weight excluding hydrogens is 432 g/mol. The summed E-state index contributed by atoms with van der Waals surface area (Å²) < 4.78 is 5.31. The first-order chi connectivity index (χ1) is 16.5. The number of benzene rings is 3. The Morgan fingerprint density at radius 1 is 0.824 bits per heavy atom. The van der Waals surface area contributed by atoms with Crippen LogP contribution in [-0.2, 0) is 14.3 Å². The van der Waals surface area contributed by atoms with E-state index in [0.29, 0.717) is 16.8 Å². The van der Waals surface area contributed by atoms with Crippen LogP contribution in [0.5, 0.6) is 0 Å². The van der Waals surface area contributed by atoms with Crippen molar-refractivity contribution in [1.29, 1.82) is 0 Å². The second-order valence-corrected chi connectivity index (χ2v) is 7.81. The molecule has 0 aliphatic carbocycles. The molecular formula is C27H20N2O5. The van der Waals surface area contributed by atoms with Crippen LogP contribution in [0.1, 0.15) is 22.8 Å². The number of carbonyl (C=O) groups excluding carboxylic acids is 4. The van der Waals surface area contributed by atoms with E-state index in [1.807, 2.05) is 0 Å². The van der Waals surface area contributed by atoms with E-state index in [2.05, 4.69) is 0 Å². The Morgan fingerprint density at radius 2 is 1.38 bits per heavy atom. The lowest BCUT2D eigenvalue weighted by Gasteiger charge is -2.45. The molecule has 3 aromatic carbocycles. The number of ether oxygens (including phenoxy) is 1. The summed E-state index contributed by atoms with van der Waals surface area (Å²) in [5.74, 6) is -2.13. The zero-order valence-corrected chi connectivity index (χ0v) is 18.3. The normalized spacial score (nSPS) is 19.1. The van der Waals surface area contributed by atoms with Gasteiger partial charge in [-0.1, -0.05) is 78.9 Å². The van der Waals surface area contributed by atoms with Gasteiger partial charge >= 0.3 is 12.0 Å². The summed E-state index contributed by atoms with van der Waals surface area (Å²) in [4.78, 5) is 56.6. The summed E-state index contributed by atoms with van der Waals surface area (Å²) in [6.07, 6.45) is 0. The number of hydrogen-bond donors (Lipinski definition) is 0. The number of rotatable bonds is 6. The van der Waals surface area contributed by atoms with E-state index in [1.165, 1.54) is 0 Å². The highest BCUT2D eigenvalue weighted by Gasteiger charge is 2.74. The highest BCUT2D eigenvalue weighted by atomic mass is 16.5. The molecule has 0 bridgehead atoms. The number of imide groups is 1. The van der Waals surface area contributed by atoms with Crippen molar-refractivity contribution in [2.24, 2.45) is 0 Å². The number of ketones is 1. The number of anilines is 1. The Hall–Kier alpha value is -4.52. The Labute approximate surface area is 195 Å². The minimum absolute atomic E-state index is 0.00522. The molecule has 34 heavy (non-hydrogen) atoms. The average molecular weight is 452 g/mol. The molecule has 7 heteroatoms. The van der Waals surface area contributed by atoms with Crippen LogP contribution in [-0.4, -0.2) is 40.7 Å². The lowest BCUT2D eigenvalue weighted by molar-refractivity contribution is -0.155. The average Bonchev–Trinajstić information content (AvgIpc) is 3.04. The van der Waals surface area contributed by atoms with Crippen LogP contribution in [0.2, 0.25) is 0 Å². The van der Waals surface area contributed by atoms with E-state index >= 15 is 0 Å². The van der Waals surface area contributed by atoms with Crippen molar-refractivity contribution < 1.29 is 23.9 Å². The third-order valence-corrected chi connectivity index (χ3v) is 5.95. The lowest BCUT2D eigenvalue weighted by Crippen LogP contribution is -2.65. The van der Waals surface area contributed by atoms with Gasteiger partial charge in [0.2, 0.25) is 5.78 Å². The van der Waals surface area contributed by atoms with E-state index in [4.69, 9.17) is 4.74 Å². The summed E-state index contributed by atoms with van der Waals surface area (Å²) in [5.41, 5.74) is -0.804. The molecule has 7 nitrogen and oxygen atoms in total. The van der Waals surface area contributed by atoms with Crippen LogP contribution in [0, 0.1) is 0 Å². The van der Waals surface area contributed by atoms with Crippen molar-refractivity contribution in [2.45, 2.75) is 12.5 Å². The number of fused-ring (bicyclic) bond motifs is 1. The van der Waals surface area contributed by atoms with Crippen molar-refractivity contribution in [1.82, 2.24) is 4.90 Å². The number of Topliss-reactive ketones (excluding diaryl/α,β-unsaturated/α-hetero) is 1. The van der Waals surface area contributed by atoms with Gasteiger partial charge in [0, 0.05) is 11.1 Å². The van der Waals surface area contributed by atoms with Gasteiger partial charge in [-0.2, -0.15) is 0 Å². The Kier molecular flexibility index (Phi) is 5.09. The van der Waals surface area contributed by atoms with Gasteiger partial charge in [0.25, 0.3) is 11.4 Å². The topological polar surface area (TPSA) is 84.0 Å². The third kappa shape index (κ3) is 2.83. The molecule has 0 N–H and O–H groups in total. The van der Waals surface area contributed by atoms with Crippen molar-refractivity contribution in [3.8, 4) is 0 Å². The largest absolute Gasteiger partial charge is 0.464 e. The van der Waals surface area contributed by atoms with Gasteiger partial charge in [0.1, 0.15) is 5.70 Å². The smallest absolute Gasteiger partial charge is 0.347 e. The standard InChI is InChI=1S/C27H20N2O5/c1-2-34-25(32)27-21(18-12-6-3-7-13-18)22(23(30)19-14-8-4-9-15-19)29(27)26(33)28(24(27)31)20-16-10-5-11-17-20/h3-17H,2H2,1H3. The fraction of sp³-hybridized carbons (Fsp3) is 0.111. The maximum absolute atomic E-state index is 13.9. The fourth-order valence-electron chi connectivity index (χ4n) is 4.51. The highest BCUT2D eigenvalue weighted by Crippen LogP contribution is 2.54. The molecule has 2 aliphatic heterocycles. The zero-order valence-electron chi connectivity index (χ0n) is 18.3. The Balaban J connectivity index is 1.78. The maximum atomic E-state index is 13.9. The minimum Gasteiger partial charge on any atom is -0.464 e. The van der Waals surface area contributed by atoms with Gasteiger partial charge in [0.05, 0.1) is 12.3 Å². The number of urea groups is 1. The van der Waals surface area contributed by atoms with E-state index in [1.54, 1.807) is 97.9 Å². The first-order valence-electron chi connectivity index (χ1n) is 10.8. The number of allylic oxidation sites excluding steroid dienone is 1. The molecule has 168 valence electrons. The number of hydrogen-bond acceptors (Lipinski definition) is 5. The fourth-order valence-corrected chi connectivity index (χ4v) is 4.51. The van der Waals surface area contributed by atoms with Crippen molar-refractivity contribution in [2.75, 3.05) is 11.5 Å². The Morgan fingerprint density at radius 3 is 1.97 bits per heavy atom. The molecule has 0 spiro atoms. The van der Waals surface area contributed by atoms with Crippen LogP contribution >= 0.6 is 0 Å². The van der Waals surface area contributed by atoms with E-state index in [-0.39, 0.29) is 17.9 Å². The molecule has 2 aliphatic rings. The molecule has 5 rings (SSSR count). The highest BCUT2D eigenvalue weighted by molar-refractivity contribution is 6.42. The molecule has 3 amide bonds. The van der Waals surface area contributed by atoms with Gasteiger partial charge < -0.3 is 4.74 Å². The second-order valence-electron chi connectivity index (χ2n) is 7.81. The van der Waals surface area contributed by atoms with Crippen LogP contribution < -0.4 is 4.90 Å². The predicted molar refractivity (Wildman–Crippen MR) is 125 cm³/mol. The minimum atomic E-state index is -2.08. The number of para-hydroxylation sites is 1. The summed E-state index contributed by atoms with van der Waals surface area (Å²) in [6, 6.07) is 24.7. The number of amides is 3. The molecule has 1 saturated heterocycles. The van der Waals surface area contributed by atoms with Crippen molar-refractivity contribution in [3.05, 3.63) is 108 Å². The quantitative estimate of drug-likeness (QED) is 0.244. The summed E-state index contributed by atoms with van der Waals surface area (Å²) in [6.45, 7) is 1.63. The Bertz CT molecular complexity index is 1340. The van der Waals surface area contributed by atoms with Gasteiger partial charge in [0.15, 0.2) is 0 Å². The number of esters is 1. The zero-order chi connectivity index (χ0) is 23.9. The SMILES string of the molecule is CCOC(=O)C12C(=O)N(c3ccccc3)C(=O)N1C(C(=O)c1ccccc1)=C2c1ccccc1. The molecule has 0 saturated carbocycles. The summed E-state index contributed by atoms with van der Waals surface area (Å²) in [7, 11) is 0. The predicted octanol–water partition coefficient (Wildman–Crippen LogP) is 4.06. The van der Waals surface area contributed by atoms with Gasteiger partial charge in [-0.05, 0) is 24.6 Å². The van der Waals surface area contributed by atoms with Crippen molar-refractivity contribution >= 4 is 35.0 Å². The molecule has 3 aromatic rings. The molecule has 1 fully saturated rings. The van der Waals surface area contributed by atoms with E-state index < -0.39 is 29.2 Å². The summed E-state index contributed by atoms with van der Waals surface area (Å²) >= 11 is 0. The van der Waals surface area contributed by atoms with Crippen LogP contribution in [0.25, 0.3) is 5.57 Å². The van der Waals surface area contributed by atoms with Gasteiger partial charge in [-0.25, -0.2) is 14.5 Å². The first kappa shape index (κ1) is 21.3. The van der Waals surface area contributed by atoms with E-state index in [9.17, 15) is 19.2 Å². The molecule has 1 atom stereocenters.